The predicted octanol–water partition coefficient (Wildman–Crippen LogP) is 3.15. The van der Waals surface area contributed by atoms with Crippen molar-refractivity contribution < 1.29 is 17.9 Å². The van der Waals surface area contributed by atoms with Crippen LogP contribution < -0.4 is 10.1 Å². The fourth-order valence-electron chi connectivity index (χ4n) is 2.17. The number of methoxy groups -OCH3 is 1. The molecule has 2 aromatic carbocycles. The van der Waals surface area contributed by atoms with E-state index in [9.17, 15) is 13.2 Å². The minimum atomic E-state index is -3.61. The molecule has 0 aliphatic carbocycles. The Hall–Kier alpha value is -2.60. The number of anilines is 1. The van der Waals surface area contributed by atoms with Crippen molar-refractivity contribution in [3.05, 3.63) is 66.2 Å². The maximum absolute atomic E-state index is 12.4. The van der Waals surface area contributed by atoms with Crippen molar-refractivity contribution in [3.63, 3.8) is 0 Å². The van der Waals surface area contributed by atoms with Crippen molar-refractivity contribution in [2.24, 2.45) is 0 Å². The molecule has 25 heavy (non-hydrogen) atoms. The molecule has 0 fully saturated rings. The van der Waals surface area contributed by atoms with E-state index in [1.54, 1.807) is 36.4 Å². The van der Waals surface area contributed by atoms with E-state index in [1.165, 1.54) is 14.0 Å². The summed E-state index contributed by atoms with van der Waals surface area (Å²) < 4.78 is 29.9. The molecule has 132 valence electrons. The molecule has 0 saturated carbocycles. The molecule has 0 unspecified atom stereocenters. The van der Waals surface area contributed by atoms with E-state index in [2.05, 4.69) is 5.32 Å². The molecule has 5 nitrogen and oxygen atoms in total. The van der Waals surface area contributed by atoms with E-state index in [0.717, 1.165) is 5.56 Å². The highest BCUT2D eigenvalue weighted by Gasteiger charge is 2.27. The molecular weight excluding hydrogens is 338 g/mol. The minimum Gasteiger partial charge on any atom is -0.495 e. The molecular formula is C19H21NO4S. The van der Waals surface area contributed by atoms with Crippen molar-refractivity contribution >= 4 is 27.5 Å². The van der Waals surface area contributed by atoms with Crippen LogP contribution in [0.5, 0.6) is 5.75 Å². The molecule has 6 heteroatoms. The lowest BCUT2D eigenvalue weighted by Crippen LogP contribution is -2.33. The van der Waals surface area contributed by atoms with Gasteiger partial charge in [0.2, 0.25) is 5.91 Å². The second kappa shape index (κ2) is 8.48. The summed E-state index contributed by atoms with van der Waals surface area (Å²) in [6, 6.07) is 16.2. The third-order valence-electron chi connectivity index (χ3n) is 3.71. The maximum Gasteiger partial charge on any atom is 0.242 e. The highest BCUT2D eigenvalue weighted by Crippen LogP contribution is 2.23. The number of hydrogen-bond acceptors (Lipinski definition) is 4. The van der Waals surface area contributed by atoms with Gasteiger partial charge in [0.15, 0.2) is 9.84 Å². The molecule has 0 bridgehead atoms. The van der Waals surface area contributed by atoms with Crippen LogP contribution in [0.15, 0.2) is 60.7 Å². The van der Waals surface area contributed by atoms with Crippen molar-refractivity contribution in [3.8, 4) is 5.75 Å². The van der Waals surface area contributed by atoms with E-state index < -0.39 is 21.0 Å². The molecule has 0 aliphatic heterocycles. The molecule has 1 atom stereocenters. The van der Waals surface area contributed by atoms with Crippen molar-refractivity contribution in [1.82, 2.24) is 0 Å². The Kier molecular flexibility index (Phi) is 6.36. The van der Waals surface area contributed by atoms with Crippen LogP contribution in [0.2, 0.25) is 0 Å². The van der Waals surface area contributed by atoms with Crippen LogP contribution in [-0.4, -0.2) is 32.4 Å². The minimum absolute atomic E-state index is 0.206. The monoisotopic (exact) mass is 359 g/mol. The Bertz CT molecular complexity index is 845. The molecule has 1 amide bonds. The molecule has 0 saturated heterocycles. The molecule has 2 rings (SSSR count). The Morgan fingerprint density at radius 3 is 2.44 bits per heavy atom. The van der Waals surface area contributed by atoms with Gasteiger partial charge in [0.25, 0.3) is 0 Å². The number of amides is 1. The number of nitrogens with one attached hydrogen (secondary N) is 1. The highest BCUT2D eigenvalue weighted by atomic mass is 32.2. The molecule has 0 spiro atoms. The van der Waals surface area contributed by atoms with E-state index >= 15 is 0 Å². The summed E-state index contributed by atoms with van der Waals surface area (Å²) in [4.78, 5) is 12.3. The second-order valence-corrected chi connectivity index (χ2v) is 7.84. The molecule has 0 radical (unpaired) electrons. The predicted molar refractivity (Wildman–Crippen MR) is 100 cm³/mol. The molecule has 0 heterocycles. The summed E-state index contributed by atoms with van der Waals surface area (Å²) in [6.07, 6.45) is 3.28. The quantitative estimate of drug-likeness (QED) is 0.824. The lowest BCUT2D eigenvalue weighted by atomic mass is 10.2. The van der Waals surface area contributed by atoms with Gasteiger partial charge in [0.1, 0.15) is 11.0 Å². The van der Waals surface area contributed by atoms with Crippen molar-refractivity contribution in [2.45, 2.75) is 12.2 Å². The molecule has 2 aromatic rings. The number of benzene rings is 2. The zero-order chi connectivity index (χ0) is 18.3. The van der Waals surface area contributed by atoms with Gasteiger partial charge in [-0.3, -0.25) is 4.79 Å². The van der Waals surface area contributed by atoms with Crippen LogP contribution in [0.25, 0.3) is 6.08 Å². The molecule has 1 N–H and O–H groups in total. The molecule has 0 aromatic heterocycles. The molecule has 0 aliphatic rings. The summed E-state index contributed by atoms with van der Waals surface area (Å²) in [5.41, 5.74) is 1.35. The summed E-state index contributed by atoms with van der Waals surface area (Å²) in [5, 5.41) is 1.44. The van der Waals surface area contributed by atoms with Crippen molar-refractivity contribution in [2.75, 3.05) is 18.2 Å². The number of rotatable bonds is 7. The van der Waals surface area contributed by atoms with Crippen LogP contribution in [0.4, 0.5) is 5.69 Å². The Morgan fingerprint density at radius 1 is 1.12 bits per heavy atom. The summed E-state index contributed by atoms with van der Waals surface area (Å²) in [7, 11) is -2.12. The van der Waals surface area contributed by atoms with Crippen LogP contribution >= 0.6 is 0 Å². The average Bonchev–Trinajstić information content (AvgIpc) is 2.62. The first-order chi connectivity index (χ1) is 11.9. The Labute approximate surface area is 148 Å². The van der Waals surface area contributed by atoms with Crippen molar-refractivity contribution in [1.29, 1.82) is 0 Å². The van der Waals surface area contributed by atoms with E-state index in [-0.39, 0.29) is 5.75 Å². The number of hydrogen-bond donors (Lipinski definition) is 1. The lowest BCUT2D eigenvalue weighted by Gasteiger charge is -2.14. The third-order valence-corrected chi connectivity index (χ3v) is 5.66. The van der Waals surface area contributed by atoms with Gasteiger partial charge in [-0.25, -0.2) is 8.42 Å². The van der Waals surface area contributed by atoms with E-state index in [0.29, 0.717) is 11.4 Å². The number of carbonyl (C=O) groups excluding carboxylic acids is 1. The zero-order valence-corrected chi connectivity index (χ0v) is 15.0. The maximum atomic E-state index is 12.4. The average molecular weight is 359 g/mol. The van der Waals surface area contributed by atoms with Gasteiger partial charge in [0, 0.05) is 0 Å². The topological polar surface area (TPSA) is 72.5 Å². The van der Waals surface area contributed by atoms with Gasteiger partial charge in [-0.1, -0.05) is 54.6 Å². The fraction of sp³-hybridized carbons (Fsp3) is 0.211. The fourth-order valence-corrected chi connectivity index (χ4v) is 3.21. The summed E-state index contributed by atoms with van der Waals surface area (Å²) in [5.74, 6) is -0.315. The van der Waals surface area contributed by atoms with Crippen LogP contribution in [0, 0.1) is 0 Å². The summed E-state index contributed by atoms with van der Waals surface area (Å²) >= 11 is 0. The largest absolute Gasteiger partial charge is 0.495 e. The van der Waals surface area contributed by atoms with E-state index in [1.807, 2.05) is 30.3 Å². The third kappa shape index (κ3) is 5.19. The first kappa shape index (κ1) is 18.7. The van der Waals surface area contributed by atoms with Gasteiger partial charge >= 0.3 is 0 Å². The number of carbonyl (C=O) groups is 1. The standard InChI is InChI=1S/C19H21NO4S/c1-15(19(21)20-17-12-6-7-13-18(17)24-2)25(22,23)14-8-11-16-9-4-3-5-10-16/h3-13,15H,14H2,1-2H3,(H,20,21)/b11-8-/t15-/m0/s1. The Balaban J connectivity index is 2.03. The van der Waals surface area contributed by atoms with Crippen LogP contribution in [-0.2, 0) is 14.6 Å². The number of sulfone groups is 1. The first-order valence-corrected chi connectivity index (χ1v) is 9.52. The normalized spacial score (nSPS) is 12.7. The van der Waals surface area contributed by atoms with Gasteiger partial charge in [-0.05, 0) is 24.6 Å². The first-order valence-electron chi connectivity index (χ1n) is 7.81. The second-order valence-electron chi connectivity index (χ2n) is 5.47. The summed E-state index contributed by atoms with van der Waals surface area (Å²) in [6.45, 7) is 1.39. The van der Waals surface area contributed by atoms with Crippen LogP contribution in [0.3, 0.4) is 0 Å². The number of para-hydroxylation sites is 2. The van der Waals surface area contributed by atoms with E-state index in [4.69, 9.17) is 4.74 Å². The smallest absolute Gasteiger partial charge is 0.242 e. The van der Waals surface area contributed by atoms with Gasteiger partial charge in [0.05, 0.1) is 18.6 Å². The van der Waals surface area contributed by atoms with Gasteiger partial charge in [-0.15, -0.1) is 0 Å². The number of ether oxygens (including phenoxy) is 1. The Morgan fingerprint density at radius 2 is 1.76 bits per heavy atom. The van der Waals surface area contributed by atoms with Crippen LogP contribution in [0.1, 0.15) is 12.5 Å². The van der Waals surface area contributed by atoms with Gasteiger partial charge in [-0.2, -0.15) is 0 Å². The zero-order valence-electron chi connectivity index (χ0n) is 14.2. The highest BCUT2D eigenvalue weighted by molar-refractivity contribution is 7.92. The van der Waals surface area contributed by atoms with Gasteiger partial charge < -0.3 is 10.1 Å². The SMILES string of the molecule is COc1ccccc1NC(=O)[C@H](C)S(=O)(=O)C/C=C\c1ccccc1. The lowest BCUT2D eigenvalue weighted by molar-refractivity contribution is -0.115.